The lowest BCUT2D eigenvalue weighted by Gasteiger charge is -2.21. The van der Waals surface area contributed by atoms with Crippen molar-refractivity contribution in [2.45, 2.75) is 39.0 Å². The van der Waals surface area contributed by atoms with Crippen molar-refractivity contribution in [3.63, 3.8) is 0 Å². The molecule has 1 aliphatic heterocycles. The van der Waals surface area contributed by atoms with E-state index in [1.165, 1.54) is 0 Å². The third-order valence-corrected chi connectivity index (χ3v) is 5.78. The Labute approximate surface area is 204 Å². The molecule has 7 nitrogen and oxygen atoms in total. The summed E-state index contributed by atoms with van der Waals surface area (Å²) in [7, 11) is 0. The number of hydrogen-bond acceptors (Lipinski definition) is 5. The van der Waals surface area contributed by atoms with Crippen molar-refractivity contribution < 1.29 is 9.53 Å². The number of aromatic nitrogens is 3. The Morgan fingerprint density at radius 2 is 1.57 bits per heavy atom. The van der Waals surface area contributed by atoms with Crippen molar-refractivity contribution in [1.82, 2.24) is 20.1 Å². The molecule has 0 radical (unpaired) electrons. The fourth-order valence-electron chi connectivity index (χ4n) is 4.12. The van der Waals surface area contributed by atoms with Gasteiger partial charge in [-0.05, 0) is 11.6 Å². The average Bonchev–Trinajstić information content (AvgIpc) is 3.27. The first-order valence-corrected chi connectivity index (χ1v) is 11.6. The van der Waals surface area contributed by atoms with Crippen LogP contribution in [0.2, 0.25) is 0 Å². The number of nitrogens with zero attached hydrogens (tertiary/aromatic N) is 4. The maximum atomic E-state index is 12.9. The predicted octanol–water partition coefficient (Wildman–Crippen LogP) is 5.34. The minimum atomic E-state index is -0.788. The van der Waals surface area contributed by atoms with Crippen LogP contribution < -0.4 is 5.32 Å². The van der Waals surface area contributed by atoms with Crippen molar-refractivity contribution >= 4 is 11.8 Å². The number of benzene rings is 3. The largest absolute Gasteiger partial charge is 0.445 e. The molecule has 35 heavy (non-hydrogen) atoms. The van der Waals surface area contributed by atoms with Crippen LogP contribution in [0.5, 0.6) is 0 Å². The highest BCUT2D eigenvalue weighted by Crippen LogP contribution is 2.33. The smallest absolute Gasteiger partial charge is 0.409 e. The minimum Gasteiger partial charge on any atom is -0.445 e. The van der Waals surface area contributed by atoms with Gasteiger partial charge in [-0.1, -0.05) is 99.6 Å². The van der Waals surface area contributed by atoms with Crippen molar-refractivity contribution in [3.8, 4) is 5.69 Å². The Balaban J connectivity index is 1.59. The van der Waals surface area contributed by atoms with Crippen molar-refractivity contribution in [2.75, 3.05) is 0 Å². The van der Waals surface area contributed by atoms with Crippen LogP contribution in [0, 0.1) is 0 Å². The number of rotatable bonds is 4. The number of fused-ring (bicyclic) bond motifs is 3. The van der Waals surface area contributed by atoms with Crippen LogP contribution in [0.1, 0.15) is 55.3 Å². The molecule has 1 atom stereocenters. The van der Waals surface area contributed by atoms with E-state index in [9.17, 15) is 4.79 Å². The lowest BCUT2D eigenvalue weighted by Crippen LogP contribution is -2.30. The molecule has 1 N–H and O–H groups in total. The molecule has 0 bridgehead atoms. The molecule has 0 fully saturated rings. The average molecular weight is 466 g/mol. The zero-order valence-corrected chi connectivity index (χ0v) is 20.0. The Morgan fingerprint density at radius 3 is 2.29 bits per heavy atom. The van der Waals surface area contributed by atoms with Crippen LogP contribution in [0.15, 0.2) is 89.9 Å². The molecule has 1 amide bonds. The topological polar surface area (TPSA) is 81.4 Å². The molecule has 0 aliphatic carbocycles. The number of carbonyl (C=O) groups excluding carboxylic acids is 1. The van der Waals surface area contributed by atoms with Crippen molar-refractivity contribution in [3.05, 3.63) is 113 Å². The normalized spacial score (nSPS) is 14.8. The van der Waals surface area contributed by atoms with E-state index in [2.05, 4.69) is 36.3 Å². The Kier molecular flexibility index (Phi) is 5.91. The van der Waals surface area contributed by atoms with E-state index >= 15 is 0 Å². The van der Waals surface area contributed by atoms with Crippen molar-refractivity contribution in [1.29, 1.82) is 0 Å². The Bertz CT molecular complexity index is 1370. The maximum absolute atomic E-state index is 12.9. The standard InChI is InChI=1S/C28H27N5O2/c1-28(2,3)26-32-31-25-24(30-27(34)35-18-19-12-6-4-7-13-19)29-23(20-14-8-5-9-15-20)21-16-10-11-17-22(21)33(25)26/h4-17,24H,18H2,1-3H3,(H,30,34). The van der Waals surface area contributed by atoms with Gasteiger partial charge >= 0.3 is 6.09 Å². The fraction of sp³-hybridized carbons (Fsp3) is 0.214. The van der Waals surface area contributed by atoms with Crippen LogP contribution in [0.25, 0.3) is 5.69 Å². The highest BCUT2D eigenvalue weighted by atomic mass is 16.5. The number of amides is 1. The molecule has 1 unspecified atom stereocenters. The lowest BCUT2D eigenvalue weighted by molar-refractivity contribution is 0.135. The quantitative estimate of drug-likeness (QED) is 0.441. The summed E-state index contributed by atoms with van der Waals surface area (Å²) < 4.78 is 7.51. The summed E-state index contributed by atoms with van der Waals surface area (Å²) in [4.78, 5) is 17.9. The minimum absolute atomic E-state index is 0.162. The highest BCUT2D eigenvalue weighted by molar-refractivity contribution is 6.15. The number of aliphatic imine (C=N–C) groups is 1. The number of hydrogen-bond donors (Lipinski definition) is 1. The van der Waals surface area contributed by atoms with Crippen molar-refractivity contribution in [2.24, 2.45) is 4.99 Å². The van der Waals surface area contributed by atoms with E-state index < -0.39 is 12.3 Å². The monoisotopic (exact) mass is 465 g/mol. The Morgan fingerprint density at radius 1 is 0.914 bits per heavy atom. The summed E-state index contributed by atoms with van der Waals surface area (Å²) in [5, 5.41) is 11.9. The van der Waals surface area contributed by atoms with E-state index in [1.54, 1.807) is 0 Å². The third kappa shape index (κ3) is 4.57. The zero-order valence-electron chi connectivity index (χ0n) is 20.0. The number of nitrogens with one attached hydrogen (secondary N) is 1. The highest BCUT2D eigenvalue weighted by Gasteiger charge is 2.33. The van der Waals surface area contributed by atoms with Gasteiger partial charge in [0.2, 0.25) is 0 Å². The van der Waals surface area contributed by atoms with Crippen LogP contribution in [0.3, 0.4) is 0 Å². The van der Waals surface area contributed by atoms with Crippen LogP contribution in [-0.2, 0) is 16.8 Å². The summed E-state index contributed by atoms with van der Waals surface area (Å²) in [5.74, 6) is 1.32. The van der Waals surface area contributed by atoms with Gasteiger partial charge < -0.3 is 4.74 Å². The second-order valence-corrected chi connectivity index (χ2v) is 9.44. The molecule has 5 rings (SSSR count). The second-order valence-electron chi connectivity index (χ2n) is 9.44. The maximum Gasteiger partial charge on any atom is 0.409 e. The van der Waals surface area contributed by atoms with E-state index in [-0.39, 0.29) is 12.0 Å². The molecule has 2 heterocycles. The van der Waals surface area contributed by atoms with Crippen LogP contribution in [-0.4, -0.2) is 26.6 Å². The molecule has 4 aromatic rings. The zero-order chi connectivity index (χ0) is 24.4. The lowest BCUT2D eigenvalue weighted by atomic mass is 9.94. The second kappa shape index (κ2) is 9.18. The van der Waals surface area contributed by atoms with Gasteiger partial charge in [-0.2, -0.15) is 0 Å². The number of para-hydroxylation sites is 1. The predicted molar refractivity (Wildman–Crippen MR) is 135 cm³/mol. The molecule has 1 aliphatic rings. The van der Waals surface area contributed by atoms with Gasteiger partial charge in [-0.25, -0.2) is 4.79 Å². The Hall–Kier alpha value is -4.26. The van der Waals surface area contributed by atoms with Gasteiger partial charge in [-0.15, -0.1) is 10.2 Å². The van der Waals surface area contributed by atoms with E-state index in [0.717, 1.165) is 33.9 Å². The summed E-state index contributed by atoms with van der Waals surface area (Å²) in [6, 6.07) is 27.5. The molecule has 176 valence electrons. The van der Waals surface area contributed by atoms with Crippen LogP contribution in [0.4, 0.5) is 4.79 Å². The molecule has 0 saturated carbocycles. The number of carbonyl (C=O) groups is 1. The first-order valence-electron chi connectivity index (χ1n) is 11.6. The molecule has 3 aromatic carbocycles. The molecular formula is C28H27N5O2. The summed E-state index contributed by atoms with van der Waals surface area (Å²) in [6.45, 7) is 6.43. The molecule has 0 saturated heterocycles. The summed E-state index contributed by atoms with van der Waals surface area (Å²) >= 11 is 0. The van der Waals surface area contributed by atoms with E-state index in [0.29, 0.717) is 5.82 Å². The van der Waals surface area contributed by atoms with Gasteiger partial charge in [-0.3, -0.25) is 14.9 Å². The summed E-state index contributed by atoms with van der Waals surface area (Å²) in [5.41, 5.74) is 4.19. The third-order valence-electron chi connectivity index (χ3n) is 5.78. The first kappa shape index (κ1) is 22.5. The molecular weight excluding hydrogens is 438 g/mol. The van der Waals surface area contributed by atoms with E-state index in [4.69, 9.17) is 9.73 Å². The van der Waals surface area contributed by atoms with Gasteiger partial charge in [0, 0.05) is 16.5 Å². The fourth-order valence-corrected chi connectivity index (χ4v) is 4.12. The molecule has 0 spiro atoms. The SMILES string of the molecule is CC(C)(C)c1nnc2n1-c1ccccc1C(c1ccccc1)=NC2NC(=O)OCc1ccccc1. The summed E-state index contributed by atoms with van der Waals surface area (Å²) in [6.07, 6.45) is -1.36. The van der Waals surface area contributed by atoms with Gasteiger partial charge in [0.15, 0.2) is 12.0 Å². The van der Waals surface area contributed by atoms with Gasteiger partial charge in [0.1, 0.15) is 12.4 Å². The number of ether oxygens (including phenoxy) is 1. The van der Waals surface area contributed by atoms with Gasteiger partial charge in [0.25, 0.3) is 0 Å². The molecule has 1 aromatic heterocycles. The first-order chi connectivity index (χ1) is 16.9. The van der Waals surface area contributed by atoms with Crippen LogP contribution >= 0.6 is 0 Å². The molecule has 7 heteroatoms. The van der Waals surface area contributed by atoms with E-state index in [1.807, 2.05) is 89.5 Å². The van der Waals surface area contributed by atoms with Gasteiger partial charge in [0.05, 0.1) is 11.4 Å². The number of alkyl carbamates (subject to hydrolysis) is 1.